The third-order valence-corrected chi connectivity index (χ3v) is 3.69. The number of hydrogen-bond acceptors (Lipinski definition) is 5. The molecule has 108 valence electrons. The van der Waals surface area contributed by atoms with Gasteiger partial charge in [0.1, 0.15) is 5.82 Å². The largest absolute Gasteiger partial charge is 0.477 e. The summed E-state index contributed by atoms with van der Waals surface area (Å²) in [5.41, 5.74) is 0.0326. The number of rotatable bonds is 3. The average Bonchev–Trinajstić information content (AvgIpc) is 2.46. The Morgan fingerprint density at radius 1 is 1.45 bits per heavy atom. The molecule has 0 saturated carbocycles. The number of methoxy groups -OCH3 is 1. The summed E-state index contributed by atoms with van der Waals surface area (Å²) in [5, 5.41) is 8.96. The van der Waals surface area contributed by atoms with Crippen LogP contribution in [0.2, 0.25) is 0 Å². The third-order valence-electron chi connectivity index (χ3n) is 3.69. The second kappa shape index (κ2) is 5.90. The summed E-state index contributed by atoms with van der Waals surface area (Å²) in [7, 11) is 1.40. The first kappa shape index (κ1) is 14.3. The number of hydrogen-bond donors (Lipinski definition) is 1. The van der Waals surface area contributed by atoms with Crippen molar-refractivity contribution in [3.05, 3.63) is 23.9 Å². The van der Waals surface area contributed by atoms with Gasteiger partial charge in [0, 0.05) is 13.1 Å². The summed E-state index contributed by atoms with van der Waals surface area (Å²) in [6, 6.07) is 4.94. The van der Waals surface area contributed by atoms with Gasteiger partial charge < -0.3 is 14.7 Å². The van der Waals surface area contributed by atoms with Crippen LogP contribution in [0, 0.1) is 11.8 Å². The molecule has 1 fully saturated rings. The number of carbonyl (C=O) groups excluding carboxylic acids is 1. The molecule has 1 aromatic heterocycles. The van der Waals surface area contributed by atoms with E-state index in [1.165, 1.54) is 13.2 Å². The second-order valence-electron chi connectivity index (χ2n) is 5.03. The molecular formula is C14H18N2O4. The van der Waals surface area contributed by atoms with Crippen molar-refractivity contribution in [3.63, 3.8) is 0 Å². The molecule has 1 aromatic rings. The molecule has 2 heterocycles. The van der Waals surface area contributed by atoms with Crippen molar-refractivity contribution in [2.75, 3.05) is 25.1 Å². The maximum Gasteiger partial charge on any atom is 0.354 e. The van der Waals surface area contributed by atoms with Crippen molar-refractivity contribution in [2.45, 2.75) is 13.3 Å². The Balaban J connectivity index is 2.11. The summed E-state index contributed by atoms with van der Waals surface area (Å²) < 4.78 is 4.80. The lowest BCUT2D eigenvalue weighted by atomic mass is 9.87. The van der Waals surface area contributed by atoms with Gasteiger partial charge >= 0.3 is 11.9 Å². The topological polar surface area (TPSA) is 79.7 Å². The average molecular weight is 278 g/mol. The van der Waals surface area contributed by atoms with Gasteiger partial charge in [-0.15, -0.1) is 0 Å². The molecule has 1 aliphatic rings. The number of pyridine rings is 1. The van der Waals surface area contributed by atoms with E-state index in [4.69, 9.17) is 9.84 Å². The summed E-state index contributed by atoms with van der Waals surface area (Å²) in [5.74, 6) is -0.529. The van der Waals surface area contributed by atoms with E-state index in [0.29, 0.717) is 25.3 Å². The van der Waals surface area contributed by atoms with E-state index >= 15 is 0 Å². The van der Waals surface area contributed by atoms with Gasteiger partial charge in [-0.1, -0.05) is 13.0 Å². The van der Waals surface area contributed by atoms with Crippen LogP contribution in [0.4, 0.5) is 5.82 Å². The zero-order valence-corrected chi connectivity index (χ0v) is 11.6. The number of aromatic carboxylic acids is 1. The second-order valence-corrected chi connectivity index (χ2v) is 5.03. The molecule has 6 heteroatoms. The van der Waals surface area contributed by atoms with Gasteiger partial charge in [-0.05, 0) is 24.5 Å². The third kappa shape index (κ3) is 2.89. The molecular weight excluding hydrogens is 260 g/mol. The van der Waals surface area contributed by atoms with Crippen LogP contribution < -0.4 is 4.90 Å². The zero-order chi connectivity index (χ0) is 14.7. The smallest absolute Gasteiger partial charge is 0.354 e. The maximum atomic E-state index is 11.6. The number of piperidine rings is 1. The minimum Gasteiger partial charge on any atom is -0.477 e. The quantitative estimate of drug-likeness (QED) is 0.842. The van der Waals surface area contributed by atoms with Crippen LogP contribution in [0.1, 0.15) is 23.8 Å². The van der Waals surface area contributed by atoms with Crippen LogP contribution in [0.5, 0.6) is 0 Å². The molecule has 2 rings (SSSR count). The lowest BCUT2D eigenvalue weighted by molar-refractivity contribution is -0.147. The summed E-state index contributed by atoms with van der Waals surface area (Å²) in [6.45, 7) is 3.32. The molecule has 2 unspecified atom stereocenters. The summed E-state index contributed by atoms with van der Waals surface area (Å²) >= 11 is 0. The molecule has 20 heavy (non-hydrogen) atoms. The SMILES string of the molecule is COC(=O)C1CCN(c2cccc(C(=O)O)n2)CC1C. The number of ether oxygens (including phenoxy) is 1. The highest BCUT2D eigenvalue weighted by Crippen LogP contribution is 2.27. The normalized spacial score (nSPS) is 22.4. The summed E-state index contributed by atoms with van der Waals surface area (Å²) in [4.78, 5) is 28.7. The fourth-order valence-electron chi connectivity index (χ4n) is 2.57. The van der Waals surface area contributed by atoms with Crippen LogP contribution in [-0.4, -0.2) is 42.2 Å². The van der Waals surface area contributed by atoms with E-state index < -0.39 is 5.97 Å². The molecule has 6 nitrogen and oxygen atoms in total. The van der Waals surface area contributed by atoms with Gasteiger partial charge in [-0.2, -0.15) is 0 Å². The van der Waals surface area contributed by atoms with Crippen LogP contribution in [0.25, 0.3) is 0 Å². The molecule has 0 spiro atoms. The van der Waals surface area contributed by atoms with Gasteiger partial charge in [-0.3, -0.25) is 4.79 Å². The number of carboxylic acid groups (broad SMARTS) is 1. The number of aromatic nitrogens is 1. The van der Waals surface area contributed by atoms with Crippen LogP contribution in [-0.2, 0) is 9.53 Å². The van der Waals surface area contributed by atoms with Gasteiger partial charge in [0.2, 0.25) is 0 Å². The fourth-order valence-corrected chi connectivity index (χ4v) is 2.57. The summed E-state index contributed by atoms with van der Waals surface area (Å²) in [6.07, 6.45) is 0.687. The zero-order valence-electron chi connectivity index (χ0n) is 11.6. The van der Waals surface area contributed by atoms with Crippen LogP contribution in [0.3, 0.4) is 0 Å². The van der Waals surface area contributed by atoms with E-state index in [1.54, 1.807) is 12.1 Å². The lowest BCUT2D eigenvalue weighted by Crippen LogP contribution is -2.43. The van der Waals surface area contributed by atoms with E-state index in [-0.39, 0.29) is 23.5 Å². The maximum absolute atomic E-state index is 11.6. The van der Waals surface area contributed by atoms with Crippen LogP contribution >= 0.6 is 0 Å². The Morgan fingerprint density at radius 3 is 2.80 bits per heavy atom. The van der Waals surface area contributed by atoms with E-state index in [2.05, 4.69) is 4.98 Å². The Labute approximate surface area is 117 Å². The molecule has 1 aliphatic heterocycles. The minimum atomic E-state index is -1.04. The Morgan fingerprint density at radius 2 is 2.20 bits per heavy atom. The van der Waals surface area contributed by atoms with Crippen molar-refractivity contribution in [2.24, 2.45) is 11.8 Å². The standard InChI is InChI=1S/C14H18N2O4/c1-9-8-16(7-6-10(9)14(19)20-2)12-5-3-4-11(15-12)13(17)18/h3-5,9-10H,6-8H2,1-2H3,(H,17,18). The number of carbonyl (C=O) groups is 2. The van der Waals surface area contributed by atoms with Crippen molar-refractivity contribution in [1.82, 2.24) is 4.98 Å². The Bertz CT molecular complexity index is 518. The molecule has 0 bridgehead atoms. The van der Waals surface area contributed by atoms with E-state index in [0.717, 1.165) is 0 Å². The number of esters is 1. The van der Waals surface area contributed by atoms with Crippen molar-refractivity contribution < 1.29 is 19.4 Å². The van der Waals surface area contributed by atoms with Crippen molar-refractivity contribution in [3.8, 4) is 0 Å². The molecule has 2 atom stereocenters. The van der Waals surface area contributed by atoms with Crippen LogP contribution in [0.15, 0.2) is 18.2 Å². The fraction of sp³-hybridized carbons (Fsp3) is 0.500. The first-order valence-electron chi connectivity index (χ1n) is 6.56. The predicted molar refractivity (Wildman–Crippen MR) is 72.7 cm³/mol. The lowest BCUT2D eigenvalue weighted by Gasteiger charge is -2.36. The highest BCUT2D eigenvalue weighted by Gasteiger charge is 2.32. The predicted octanol–water partition coefficient (Wildman–Crippen LogP) is 1.42. The van der Waals surface area contributed by atoms with Gasteiger partial charge in [-0.25, -0.2) is 9.78 Å². The first-order chi connectivity index (χ1) is 9.52. The number of nitrogens with zero attached hydrogens (tertiary/aromatic N) is 2. The van der Waals surface area contributed by atoms with Crippen molar-refractivity contribution >= 4 is 17.8 Å². The molecule has 0 amide bonds. The van der Waals surface area contributed by atoms with E-state index in [9.17, 15) is 9.59 Å². The number of carboxylic acids is 1. The number of anilines is 1. The molecule has 0 aromatic carbocycles. The van der Waals surface area contributed by atoms with Gasteiger partial charge in [0.15, 0.2) is 5.69 Å². The first-order valence-corrected chi connectivity index (χ1v) is 6.56. The monoisotopic (exact) mass is 278 g/mol. The molecule has 1 N–H and O–H groups in total. The highest BCUT2D eigenvalue weighted by atomic mass is 16.5. The Kier molecular flexibility index (Phi) is 4.22. The molecule has 0 radical (unpaired) electrons. The molecule has 1 saturated heterocycles. The van der Waals surface area contributed by atoms with E-state index in [1.807, 2.05) is 11.8 Å². The Hall–Kier alpha value is -2.11. The van der Waals surface area contributed by atoms with Gasteiger partial charge in [0.05, 0.1) is 13.0 Å². The van der Waals surface area contributed by atoms with Crippen molar-refractivity contribution in [1.29, 1.82) is 0 Å². The highest BCUT2D eigenvalue weighted by molar-refractivity contribution is 5.85. The molecule has 0 aliphatic carbocycles. The minimum absolute atomic E-state index is 0.0326. The van der Waals surface area contributed by atoms with Gasteiger partial charge in [0.25, 0.3) is 0 Å².